The summed E-state index contributed by atoms with van der Waals surface area (Å²) in [5, 5.41) is -0.448. The number of ether oxygens (including phenoxy) is 2. The summed E-state index contributed by atoms with van der Waals surface area (Å²) < 4.78 is 13.8. The van der Waals surface area contributed by atoms with Crippen molar-refractivity contribution in [3.63, 3.8) is 0 Å². The van der Waals surface area contributed by atoms with Gasteiger partial charge in [0, 0.05) is 17.6 Å². The highest BCUT2D eigenvalue weighted by atomic mass is 127. The minimum Gasteiger partial charge on any atom is -0.490 e. The largest absolute Gasteiger partial charge is 0.490 e. The molecule has 5 rings (SSSR count). The van der Waals surface area contributed by atoms with Gasteiger partial charge in [-0.05, 0) is 100 Å². The summed E-state index contributed by atoms with van der Waals surface area (Å²) in [6.45, 7) is 3.48. The first-order chi connectivity index (χ1) is 19.3. The zero-order chi connectivity index (χ0) is 28.2. The second-order valence-electron chi connectivity index (χ2n) is 9.28. The van der Waals surface area contributed by atoms with Crippen molar-refractivity contribution in [2.45, 2.75) is 26.5 Å². The number of halogens is 2. The molecule has 2 aliphatic rings. The number of fused-ring (bicyclic) bond motifs is 1. The minimum atomic E-state index is -0.468. The Bertz CT molecular complexity index is 1490. The first kappa shape index (κ1) is 28.7. The summed E-state index contributed by atoms with van der Waals surface area (Å²) >= 11 is 6.46. The van der Waals surface area contributed by atoms with E-state index in [0.29, 0.717) is 43.4 Å². The van der Waals surface area contributed by atoms with Gasteiger partial charge in [-0.15, -0.1) is 0 Å². The van der Waals surface area contributed by atoms with Crippen LogP contribution in [0.4, 0.5) is 4.79 Å². The molecule has 0 radical (unpaired) electrons. The van der Waals surface area contributed by atoms with Crippen LogP contribution in [0.5, 0.6) is 11.5 Å². The summed E-state index contributed by atoms with van der Waals surface area (Å²) in [5.41, 5.74) is 4.04. The fraction of sp³-hybridized carbons (Fsp3) is 0.233. The zero-order valence-electron chi connectivity index (χ0n) is 21.7. The van der Waals surface area contributed by atoms with Crippen molar-refractivity contribution < 1.29 is 23.9 Å². The number of hydrogen-bond acceptors (Lipinski definition) is 6. The van der Waals surface area contributed by atoms with Crippen LogP contribution >= 0.6 is 50.3 Å². The number of hydrogen-bond donors (Lipinski definition) is 0. The van der Waals surface area contributed by atoms with Gasteiger partial charge in [0.2, 0.25) is 5.91 Å². The van der Waals surface area contributed by atoms with E-state index in [1.165, 1.54) is 5.56 Å². The lowest BCUT2D eigenvalue weighted by atomic mass is 10.00. The number of carbonyl (C=O) groups is 3. The molecule has 2 aliphatic heterocycles. The molecular weight excluding hydrogens is 707 g/mol. The first-order valence-corrected chi connectivity index (χ1v) is 15.4. The number of rotatable bonds is 8. The molecule has 1 saturated heterocycles. The van der Waals surface area contributed by atoms with Crippen molar-refractivity contribution in [1.29, 1.82) is 0 Å². The maximum atomic E-state index is 13.2. The summed E-state index contributed by atoms with van der Waals surface area (Å²) in [6.07, 6.45) is 2.42. The number of nitrogens with zero attached hydrogens (tertiary/aromatic N) is 2. The van der Waals surface area contributed by atoms with Crippen LogP contribution in [0, 0.1) is 3.57 Å². The molecule has 0 aliphatic carbocycles. The molecule has 1 fully saturated rings. The Hall–Kier alpha value is -2.83. The quantitative estimate of drug-likeness (QED) is 0.191. The number of benzene rings is 3. The normalized spacial score (nSPS) is 15.9. The van der Waals surface area contributed by atoms with Crippen LogP contribution in [0.25, 0.3) is 6.08 Å². The molecule has 0 unspecified atom stereocenters. The van der Waals surface area contributed by atoms with Crippen LogP contribution in [-0.2, 0) is 29.2 Å². The Morgan fingerprint density at radius 1 is 1.07 bits per heavy atom. The predicted octanol–water partition coefficient (Wildman–Crippen LogP) is 6.65. The van der Waals surface area contributed by atoms with Crippen LogP contribution in [-0.4, -0.2) is 46.5 Å². The van der Waals surface area contributed by atoms with E-state index in [2.05, 4.69) is 44.6 Å². The van der Waals surface area contributed by atoms with Gasteiger partial charge >= 0.3 is 0 Å². The van der Waals surface area contributed by atoms with Gasteiger partial charge in [-0.1, -0.05) is 52.3 Å². The Labute approximate surface area is 259 Å². The van der Waals surface area contributed by atoms with Crippen molar-refractivity contribution in [1.82, 2.24) is 9.80 Å². The Balaban J connectivity index is 1.29. The molecule has 7 nitrogen and oxygen atoms in total. The van der Waals surface area contributed by atoms with Crippen LogP contribution in [0.15, 0.2) is 70.0 Å². The van der Waals surface area contributed by atoms with Crippen LogP contribution in [0.1, 0.15) is 29.2 Å². The van der Waals surface area contributed by atoms with Gasteiger partial charge in [0.1, 0.15) is 13.2 Å². The zero-order valence-corrected chi connectivity index (χ0v) is 26.3. The second-order valence-corrected chi connectivity index (χ2v) is 12.4. The molecule has 0 atom stereocenters. The average Bonchev–Trinajstić information content (AvgIpc) is 3.20. The number of imide groups is 1. The number of thioether (sulfide) groups is 1. The molecule has 0 bridgehead atoms. The van der Waals surface area contributed by atoms with Gasteiger partial charge in [-0.3, -0.25) is 19.3 Å². The predicted molar refractivity (Wildman–Crippen MR) is 167 cm³/mol. The lowest BCUT2D eigenvalue weighted by molar-refractivity contribution is -0.136. The Kier molecular flexibility index (Phi) is 9.17. The standard InChI is InChI=1S/C30H26BrIN2O5S/c1-2-38-25-14-20(13-24(32)28(25)39-18-19-7-9-23(31)10-8-19)15-26-29(36)34(30(37)40-26)17-27(35)33-12-11-21-5-3-4-6-22(21)16-33/h3-10,13-15H,2,11-12,16-18H2,1H3/b26-15-. The topological polar surface area (TPSA) is 76.2 Å². The first-order valence-electron chi connectivity index (χ1n) is 12.8. The minimum absolute atomic E-state index is 0.237. The summed E-state index contributed by atoms with van der Waals surface area (Å²) in [7, 11) is 0. The van der Waals surface area contributed by atoms with Crippen LogP contribution in [0.2, 0.25) is 0 Å². The van der Waals surface area contributed by atoms with Gasteiger partial charge in [0.05, 0.1) is 15.1 Å². The third-order valence-corrected chi connectivity index (χ3v) is 8.81. The highest BCUT2D eigenvalue weighted by molar-refractivity contribution is 14.1. The molecule has 3 aromatic rings. The lowest BCUT2D eigenvalue weighted by Crippen LogP contribution is -2.44. The summed E-state index contributed by atoms with van der Waals surface area (Å²) in [6, 6.07) is 19.6. The smallest absolute Gasteiger partial charge is 0.294 e. The van der Waals surface area contributed by atoms with Crippen LogP contribution < -0.4 is 9.47 Å². The van der Waals surface area contributed by atoms with E-state index in [4.69, 9.17) is 9.47 Å². The fourth-order valence-electron chi connectivity index (χ4n) is 4.54. The molecule has 0 saturated carbocycles. The maximum Gasteiger partial charge on any atom is 0.294 e. The monoisotopic (exact) mass is 732 g/mol. The maximum absolute atomic E-state index is 13.2. The van der Waals surface area contributed by atoms with Crippen LogP contribution in [0.3, 0.4) is 0 Å². The molecule has 0 N–H and O–H groups in total. The Morgan fingerprint density at radius 3 is 2.58 bits per heavy atom. The van der Waals surface area contributed by atoms with E-state index < -0.39 is 11.1 Å². The highest BCUT2D eigenvalue weighted by Gasteiger charge is 2.37. The van der Waals surface area contributed by atoms with Crippen molar-refractivity contribution in [2.24, 2.45) is 0 Å². The lowest BCUT2D eigenvalue weighted by Gasteiger charge is -2.29. The van der Waals surface area contributed by atoms with Gasteiger partial charge in [-0.25, -0.2) is 0 Å². The Morgan fingerprint density at radius 2 is 1.82 bits per heavy atom. The molecule has 10 heteroatoms. The molecular formula is C30H26BrIN2O5S. The third kappa shape index (κ3) is 6.55. The second kappa shape index (κ2) is 12.8. The molecule has 40 heavy (non-hydrogen) atoms. The molecule has 3 amide bonds. The number of carbonyl (C=O) groups excluding carboxylic acids is 3. The van der Waals surface area contributed by atoms with E-state index in [-0.39, 0.29) is 17.4 Å². The van der Waals surface area contributed by atoms with Crippen molar-refractivity contribution in [3.05, 3.63) is 95.9 Å². The van der Waals surface area contributed by atoms with E-state index in [1.54, 1.807) is 17.0 Å². The molecule has 2 heterocycles. The van der Waals surface area contributed by atoms with E-state index in [0.717, 1.165) is 42.3 Å². The van der Waals surface area contributed by atoms with Gasteiger partial charge < -0.3 is 14.4 Å². The number of amides is 3. The molecule has 0 aromatic heterocycles. The van der Waals surface area contributed by atoms with Crippen molar-refractivity contribution >= 4 is 73.4 Å². The summed E-state index contributed by atoms with van der Waals surface area (Å²) in [5.74, 6) is 0.463. The van der Waals surface area contributed by atoms with Crippen molar-refractivity contribution in [2.75, 3.05) is 19.7 Å². The molecule has 3 aromatic carbocycles. The third-order valence-electron chi connectivity index (χ3n) is 6.58. The van der Waals surface area contributed by atoms with Crippen molar-refractivity contribution in [3.8, 4) is 11.5 Å². The highest BCUT2D eigenvalue weighted by Crippen LogP contribution is 2.38. The SMILES string of the molecule is CCOc1cc(/C=C2\SC(=O)N(CC(=O)N3CCc4ccccc4C3)C2=O)cc(I)c1OCc1ccc(Br)cc1. The van der Waals surface area contributed by atoms with E-state index >= 15 is 0 Å². The summed E-state index contributed by atoms with van der Waals surface area (Å²) in [4.78, 5) is 41.9. The van der Waals surface area contributed by atoms with Gasteiger partial charge in [-0.2, -0.15) is 0 Å². The van der Waals surface area contributed by atoms with E-state index in [1.807, 2.05) is 55.5 Å². The molecule has 206 valence electrons. The van der Waals surface area contributed by atoms with Gasteiger partial charge in [0.25, 0.3) is 11.1 Å². The van der Waals surface area contributed by atoms with Gasteiger partial charge in [0.15, 0.2) is 11.5 Å². The molecule has 0 spiro atoms. The van der Waals surface area contributed by atoms with E-state index in [9.17, 15) is 14.4 Å². The fourth-order valence-corrected chi connectivity index (χ4v) is 6.43. The average molecular weight is 733 g/mol.